The zero-order valence-corrected chi connectivity index (χ0v) is 16.6. The summed E-state index contributed by atoms with van der Waals surface area (Å²) in [5.74, 6) is 0. The summed E-state index contributed by atoms with van der Waals surface area (Å²) in [7, 11) is 2.14. The number of aryl methyl sites for hydroxylation is 2. The fourth-order valence-electron chi connectivity index (χ4n) is 4.57. The van der Waals surface area contributed by atoms with Crippen molar-refractivity contribution in [2.45, 2.75) is 32.3 Å². The minimum atomic E-state index is -0.0490. The second-order valence-corrected chi connectivity index (χ2v) is 7.87. The van der Waals surface area contributed by atoms with Gasteiger partial charge in [0, 0.05) is 30.4 Å². The van der Waals surface area contributed by atoms with Gasteiger partial charge >= 0.3 is 0 Å². The van der Waals surface area contributed by atoms with E-state index in [-0.39, 0.29) is 12.2 Å². The van der Waals surface area contributed by atoms with E-state index in [4.69, 9.17) is 0 Å². The molecule has 2 heterocycles. The first kappa shape index (κ1) is 18.0. The second kappa shape index (κ2) is 7.05. The first-order chi connectivity index (χ1) is 14.2. The molecule has 0 spiro atoms. The van der Waals surface area contributed by atoms with Gasteiger partial charge in [-0.3, -0.25) is 9.36 Å². The van der Waals surface area contributed by atoms with Crippen molar-refractivity contribution in [3.8, 4) is 16.8 Å². The largest absolute Gasteiger partial charge is 0.392 e. The predicted octanol–water partition coefficient (Wildman–Crippen LogP) is 4.37. The maximum absolute atomic E-state index is 12.9. The second-order valence-electron chi connectivity index (χ2n) is 7.87. The van der Waals surface area contributed by atoms with Crippen LogP contribution in [0.4, 0.5) is 0 Å². The minimum Gasteiger partial charge on any atom is -0.392 e. The number of benzene rings is 2. The summed E-state index contributed by atoms with van der Waals surface area (Å²) in [6.07, 6.45) is 6.65. The van der Waals surface area contributed by atoms with Gasteiger partial charge in [-0.05, 0) is 66.1 Å². The molecule has 0 saturated heterocycles. The molecule has 0 unspecified atom stereocenters. The number of rotatable bonds is 3. The lowest BCUT2D eigenvalue weighted by atomic mass is 9.95. The van der Waals surface area contributed by atoms with Gasteiger partial charge in [0.25, 0.3) is 5.56 Å². The Balaban J connectivity index is 1.56. The fraction of sp³-hybridized carbons (Fsp3) is 0.240. The summed E-state index contributed by atoms with van der Waals surface area (Å²) >= 11 is 0. The Bertz CT molecular complexity index is 1260. The van der Waals surface area contributed by atoms with Gasteiger partial charge in [0.2, 0.25) is 0 Å². The molecule has 4 nitrogen and oxygen atoms in total. The molecule has 4 aromatic rings. The third-order valence-electron chi connectivity index (χ3n) is 6.18. The van der Waals surface area contributed by atoms with Crippen molar-refractivity contribution < 1.29 is 5.11 Å². The molecular weight excluding hydrogens is 360 g/mol. The summed E-state index contributed by atoms with van der Waals surface area (Å²) < 4.78 is 4.01. The molecule has 0 saturated carbocycles. The quantitative estimate of drug-likeness (QED) is 0.570. The minimum absolute atomic E-state index is 0.0208. The molecule has 146 valence electrons. The Morgan fingerprint density at radius 2 is 1.72 bits per heavy atom. The Kier molecular flexibility index (Phi) is 4.36. The highest BCUT2D eigenvalue weighted by Crippen LogP contribution is 2.32. The van der Waals surface area contributed by atoms with E-state index in [0.29, 0.717) is 0 Å². The molecule has 2 aromatic heterocycles. The highest BCUT2D eigenvalue weighted by molar-refractivity contribution is 5.87. The molecule has 1 aliphatic rings. The number of fused-ring (bicyclic) bond motifs is 3. The number of hydrogen-bond acceptors (Lipinski definition) is 2. The third-order valence-corrected chi connectivity index (χ3v) is 6.18. The summed E-state index contributed by atoms with van der Waals surface area (Å²) in [6.45, 7) is 0.0208. The van der Waals surface area contributed by atoms with Gasteiger partial charge in [-0.2, -0.15) is 0 Å². The molecule has 0 fully saturated rings. The predicted molar refractivity (Wildman–Crippen MR) is 117 cm³/mol. The van der Waals surface area contributed by atoms with Crippen LogP contribution < -0.4 is 5.56 Å². The van der Waals surface area contributed by atoms with Gasteiger partial charge in [0.05, 0.1) is 17.8 Å². The van der Waals surface area contributed by atoms with Crippen molar-refractivity contribution in [3.63, 3.8) is 0 Å². The highest BCUT2D eigenvalue weighted by Gasteiger charge is 2.18. The average Bonchev–Trinajstić information content (AvgIpc) is 3.06. The number of aliphatic hydroxyl groups is 1. The van der Waals surface area contributed by atoms with Gasteiger partial charge in [-0.15, -0.1) is 0 Å². The molecule has 4 heteroatoms. The molecule has 2 aromatic carbocycles. The van der Waals surface area contributed by atoms with Crippen LogP contribution in [-0.2, 0) is 26.5 Å². The molecule has 29 heavy (non-hydrogen) atoms. The van der Waals surface area contributed by atoms with Gasteiger partial charge in [0.15, 0.2) is 0 Å². The molecule has 1 N–H and O–H groups in total. The zero-order valence-electron chi connectivity index (χ0n) is 16.6. The van der Waals surface area contributed by atoms with Gasteiger partial charge in [0.1, 0.15) is 0 Å². The lowest BCUT2D eigenvalue weighted by Crippen LogP contribution is -2.16. The van der Waals surface area contributed by atoms with Gasteiger partial charge < -0.3 is 9.67 Å². The maximum atomic E-state index is 12.9. The first-order valence-electron chi connectivity index (χ1n) is 10.2. The molecule has 0 aliphatic heterocycles. The van der Waals surface area contributed by atoms with E-state index >= 15 is 0 Å². The van der Waals surface area contributed by atoms with Crippen molar-refractivity contribution in [2.75, 3.05) is 0 Å². The molecule has 5 rings (SSSR count). The zero-order chi connectivity index (χ0) is 20.0. The van der Waals surface area contributed by atoms with E-state index in [2.05, 4.69) is 23.7 Å². The standard InChI is InChI=1S/C25H24N2O2/c1-26-23-5-3-2-4-21(23)22-11-10-20(15-24(22)26)27-13-12-19(14-25(27)29)18-8-6-17(16-28)7-9-18/h6-15,28H,2-5,16H2,1H3. The van der Waals surface area contributed by atoms with E-state index in [1.54, 1.807) is 10.6 Å². The van der Waals surface area contributed by atoms with Crippen LogP contribution in [0.5, 0.6) is 0 Å². The highest BCUT2D eigenvalue weighted by atomic mass is 16.3. The van der Waals surface area contributed by atoms with Crippen LogP contribution in [0.2, 0.25) is 0 Å². The van der Waals surface area contributed by atoms with E-state index in [9.17, 15) is 9.90 Å². The van der Waals surface area contributed by atoms with Crippen LogP contribution >= 0.6 is 0 Å². The molecule has 0 atom stereocenters. The van der Waals surface area contributed by atoms with Crippen LogP contribution in [0.15, 0.2) is 65.6 Å². The molecular formula is C25H24N2O2. The van der Waals surface area contributed by atoms with E-state index in [0.717, 1.165) is 35.2 Å². The van der Waals surface area contributed by atoms with Crippen molar-refractivity contribution in [2.24, 2.45) is 7.05 Å². The molecule has 0 bridgehead atoms. The van der Waals surface area contributed by atoms with E-state index < -0.39 is 0 Å². The normalized spacial score (nSPS) is 13.6. The summed E-state index contributed by atoms with van der Waals surface area (Å²) in [6, 6.07) is 17.6. The van der Waals surface area contributed by atoms with Crippen LogP contribution in [-0.4, -0.2) is 14.2 Å². The average molecular weight is 384 g/mol. The maximum Gasteiger partial charge on any atom is 0.255 e. The SMILES string of the molecule is Cn1c2c(c3ccc(-n4ccc(-c5ccc(CO)cc5)cc4=O)cc31)CCCC2. The van der Waals surface area contributed by atoms with Crippen LogP contribution in [0, 0.1) is 0 Å². The number of aliphatic hydroxyl groups excluding tert-OH is 1. The van der Waals surface area contributed by atoms with Crippen molar-refractivity contribution in [1.29, 1.82) is 0 Å². The van der Waals surface area contributed by atoms with Crippen LogP contribution in [0.25, 0.3) is 27.7 Å². The Morgan fingerprint density at radius 1 is 0.931 bits per heavy atom. The summed E-state index contributed by atoms with van der Waals surface area (Å²) in [4.78, 5) is 12.9. The Hall–Kier alpha value is -3.11. The number of hydrogen-bond donors (Lipinski definition) is 1. The van der Waals surface area contributed by atoms with Crippen LogP contribution in [0.1, 0.15) is 29.7 Å². The number of nitrogens with zero attached hydrogens (tertiary/aromatic N) is 2. The third kappa shape index (κ3) is 3.00. The van der Waals surface area contributed by atoms with Crippen LogP contribution in [0.3, 0.4) is 0 Å². The van der Waals surface area contributed by atoms with Crippen molar-refractivity contribution >= 4 is 10.9 Å². The number of aromatic nitrogens is 2. The van der Waals surface area contributed by atoms with Crippen molar-refractivity contribution in [3.05, 3.63) is 88.0 Å². The Morgan fingerprint density at radius 3 is 2.48 bits per heavy atom. The summed E-state index contributed by atoms with van der Waals surface area (Å²) in [5, 5.41) is 10.5. The monoisotopic (exact) mass is 384 g/mol. The topological polar surface area (TPSA) is 47.2 Å². The lowest BCUT2D eigenvalue weighted by molar-refractivity contribution is 0.282. The smallest absolute Gasteiger partial charge is 0.255 e. The van der Waals surface area contributed by atoms with Gasteiger partial charge in [-0.1, -0.05) is 30.3 Å². The van der Waals surface area contributed by atoms with Gasteiger partial charge in [-0.25, -0.2) is 0 Å². The number of pyridine rings is 1. The lowest BCUT2D eigenvalue weighted by Gasteiger charge is -2.12. The molecule has 0 radical (unpaired) electrons. The molecule has 0 amide bonds. The van der Waals surface area contributed by atoms with Crippen molar-refractivity contribution in [1.82, 2.24) is 9.13 Å². The first-order valence-corrected chi connectivity index (χ1v) is 10.2. The van der Waals surface area contributed by atoms with E-state index in [1.807, 2.05) is 42.6 Å². The Labute approximate surface area is 169 Å². The summed E-state index contributed by atoms with van der Waals surface area (Å²) in [5.41, 5.74) is 7.68. The van der Waals surface area contributed by atoms with E-state index in [1.165, 1.54) is 35.0 Å². The molecule has 1 aliphatic carbocycles. The fourth-order valence-corrected chi connectivity index (χ4v) is 4.57.